The van der Waals surface area contributed by atoms with E-state index in [1.54, 1.807) is 23.0 Å². The van der Waals surface area contributed by atoms with E-state index in [4.69, 9.17) is 9.47 Å². The number of thioether (sulfide) groups is 1. The van der Waals surface area contributed by atoms with Gasteiger partial charge in [0.25, 0.3) is 5.91 Å². The molecule has 1 spiro atoms. The van der Waals surface area contributed by atoms with E-state index >= 15 is 8.78 Å². The molecule has 9 rings (SSSR count). The highest BCUT2D eigenvalue weighted by molar-refractivity contribution is 7.98. The second-order valence-electron chi connectivity index (χ2n) is 12.9. The van der Waals surface area contributed by atoms with Crippen molar-refractivity contribution in [2.24, 2.45) is 5.92 Å². The maximum atomic E-state index is 16.3. The first-order chi connectivity index (χ1) is 22.4. The number of halogens is 2. The van der Waals surface area contributed by atoms with Gasteiger partial charge in [-0.15, -0.1) is 11.8 Å². The number of hydrogen-bond acceptors (Lipinski definition) is 6. The summed E-state index contributed by atoms with van der Waals surface area (Å²) in [5.74, 6) is -0.813. The summed E-state index contributed by atoms with van der Waals surface area (Å²) < 4.78 is 46.4. The largest absolute Gasteiger partial charge is 0.482 e. The number of ether oxygens (including phenoxy) is 2. The lowest BCUT2D eigenvalue weighted by Gasteiger charge is -2.57. The molecule has 46 heavy (non-hydrogen) atoms. The van der Waals surface area contributed by atoms with Crippen molar-refractivity contribution in [2.75, 3.05) is 11.6 Å². The van der Waals surface area contributed by atoms with Crippen LogP contribution in [0.2, 0.25) is 0 Å². The molecule has 7 nitrogen and oxygen atoms in total. The summed E-state index contributed by atoms with van der Waals surface area (Å²) >= 11 is 1.35. The topological polar surface area (TPSA) is 64.0 Å². The highest BCUT2D eigenvalue weighted by Crippen LogP contribution is 2.57. The Morgan fingerprint density at radius 3 is 2.63 bits per heavy atom. The molecule has 6 heterocycles. The number of hydrogen-bond donors (Lipinski definition) is 0. The zero-order valence-electron chi connectivity index (χ0n) is 24.9. The third-order valence-corrected chi connectivity index (χ3v) is 11.7. The Morgan fingerprint density at radius 1 is 0.957 bits per heavy atom. The molecule has 1 amide bonds. The predicted molar refractivity (Wildman–Crippen MR) is 168 cm³/mol. The summed E-state index contributed by atoms with van der Waals surface area (Å²) in [5, 5.41) is 2.02. The van der Waals surface area contributed by atoms with E-state index in [0.717, 1.165) is 30.4 Å². The maximum absolute atomic E-state index is 16.3. The second kappa shape index (κ2) is 10.4. The van der Waals surface area contributed by atoms with Crippen molar-refractivity contribution in [1.29, 1.82) is 0 Å². The van der Waals surface area contributed by atoms with E-state index in [2.05, 4.69) is 0 Å². The predicted octanol–water partition coefficient (Wildman–Crippen LogP) is 6.16. The summed E-state index contributed by atoms with van der Waals surface area (Å²) in [5.41, 5.74) is 1.94. The highest BCUT2D eigenvalue weighted by atomic mass is 32.2. The van der Waals surface area contributed by atoms with Gasteiger partial charge in [0.05, 0.1) is 11.7 Å². The second-order valence-corrected chi connectivity index (χ2v) is 13.9. The molecule has 0 N–H and O–H groups in total. The van der Waals surface area contributed by atoms with Gasteiger partial charge >= 0.3 is 0 Å². The van der Waals surface area contributed by atoms with E-state index < -0.39 is 29.1 Å². The quantitative estimate of drug-likeness (QED) is 0.267. The first-order valence-electron chi connectivity index (χ1n) is 15.8. The molecule has 3 fully saturated rings. The number of nitrogens with zero attached hydrogens (tertiary/aromatic N) is 3. The van der Waals surface area contributed by atoms with E-state index in [-0.39, 0.29) is 41.8 Å². The molecular formula is C36H31F2N3O4S. The number of carbonyl (C=O) groups excluding carboxylic acids is 1. The van der Waals surface area contributed by atoms with Gasteiger partial charge in [-0.1, -0.05) is 54.6 Å². The number of fused-ring (bicyclic) bond motifs is 6. The molecule has 0 saturated carbocycles. The van der Waals surface area contributed by atoms with Crippen molar-refractivity contribution >= 4 is 17.7 Å². The summed E-state index contributed by atoms with van der Waals surface area (Å²) in [6.45, 7) is 0.503. The van der Waals surface area contributed by atoms with Crippen LogP contribution in [-0.2, 0) is 17.1 Å². The Morgan fingerprint density at radius 2 is 1.78 bits per heavy atom. The zero-order chi connectivity index (χ0) is 31.2. The number of rotatable bonds is 4. The fraction of sp³-hybridized carbons (Fsp3) is 0.333. The Bertz CT molecular complexity index is 1950. The molecule has 4 aromatic rings. The van der Waals surface area contributed by atoms with Crippen molar-refractivity contribution in [2.45, 2.75) is 66.9 Å². The number of carbonyl (C=O) groups is 1. The smallest absolute Gasteiger partial charge is 0.278 e. The minimum absolute atomic E-state index is 0.0551. The Kier molecular flexibility index (Phi) is 6.37. The van der Waals surface area contributed by atoms with Crippen LogP contribution < -0.4 is 15.2 Å². The van der Waals surface area contributed by atoms with Crippen molar-refractivity contribution in [3.05, 3.63) is 129 Å². The molecular weight excluding hydrogens is 608 g/mol. The van der Waals surface area contributed by atoms with Crippen LogP contribution in [-0.4, -0.2) is 39.9 Å². The average molecular weight is 640 g/mol. The molecule has 3 saturated heterocycles. The van der Waals surface area contributed by atoms with Crippen molar-refractivity contribution in [1.82, 2.24) is 9.58 Å². The van der Waals surface area contributed by atoms with Crippen LogP contribution in [0.5, 0.6) is 5.75 Å². The van der Waals surface area contributed by atoms with Crippen molar-refractivity contribution in [3.8, 4) is 5.75 Å². The first-order valence-corrected chi connectivity index (χ1v) is 16.8. The lowest BCUT2D eigenvalue weighted by molar-refractivity contribution is -0.0757. The highest BCUT2D eigenvalue weighted by Gasteiger charge is 2.63. The molecule has 1 unspecified atom stereocenters. The van der Waals surface area contributed by atoms with Crippen LogP contribution in [0.1, 0.15) is 64.5 Å². The molecule has 3 aromatic carbocycles. The minimum Gasteiger partial charge on any atom is -0.482 e. The molecule has 5 aliphatic heterocycles. The molecule has 5 atom stereocenters. The number of pyridine rings is 1. The molecule has 10 heteroatoms. The van der Waals surface area contributed by atoms with Crippen LogP contribution in [0.25, 0.3) is 0 Å². The van der Waals surface area contributed by atoms with Crippen molar-refractivity contribution in [3.63, 3.8) is 0 Å². The van der Waals surface area contributed by atoms with Gasteiger partial charge in [-0.05, 0) is 54.5 Å². The average Bonchev–Trinajstić information content (AvgIpc) is 3.59. The molecule has 1 aromatic heterocycles. The molecule has 0 aliphatic carbocycles. The van der Waals surface area contributed by atoms with Crippen molar-refractivity contribution < 1.29 is 23.0 Å². The van der Waals surface area contributed by atoms with E-state index in [1.165, 1.54) is 30.0 Å². The third-order valence-electron chi connectivity index (χ3n) is 10.5. The van der Waals surface area contributed by atoms with Gasteiger partial charge in [0.1, 0.15) is 30.4 Å². The SMILES string of the molecule is O=C1c2c(OCc3ccccc3)c(=O)ccn2N(C2c3cccc(F)c3SCc3cccc(F)c32)[C@@H]2[C@H]3C[C@@H]4CC[C@@]3(CCN12)O4. The normalized spacial score (nSPS) is 27.3. The van der Waals surface area contributed by atoms with Crippen LogP contribution in [0, 0.1) is 17.6 Å². The summed E-state index contributed by atoms with van der Waals surface area (Å²) in [6, 6.07) is 20.0. The van der Waals surface area contributed by atoms with Crippen LogP contribution in [0.4, 0.5) is 8.78 Å². The van der Waals surface area contributed by atoms with Crippen LogP contribution >= 0.6 is 11.8 Å². The van der Waals surface area contributed by atoms with Gasteiger partial charge in [0.2, 0.25) is 5.43 Å². The van der Waals surface area contributed by atoms with Gasteiger partial charge in [-0.2, -0.15) is 0 Å². The Hall–Kier alpha value is -4.15. The lowest BCUT2D eigenvalue weighted by atomic mass is 9.71. The lowest BCUT2D eigenvalue weighted by Crippen LogP contribution is -2.70. The van der Waals surface area contributed by atoms with Gasteiger partial charge in [-0.25, -0.2) is 8.78 Å². The fourth-order valence-corrected chi connectivity index (χ4v) is 9.66. The third kappa shape index (κ3) is 4.05. The Balaban J connectivity index is 1.30. The number of piperidine rings is 1. The number of aromatic nitrogens is 1. The number of amides is 1. The van der Waals surface area contributed by atoms with Gasteiger partial charge in [-0.3, -0.25) is 19.3 Å². The molecule has 234 valence electrons. The van der Waals surface area contributed by atoms with E-state index in [9.17, 15) is 9.59 Å². The van der Waals surface area contributed by atoms with Gasteiger partial charge < -0.3 is 14.4 Å². The molecule has 5 aliphatic rings. The molecule has 2 bridgehead atoms. The monoisotopic (exact) mass is 639 g/mol. The fourth-order valence-electron chi connectivity index (χ4n) is 8.56. The minimum atomic E-state index is -0.810. The summed E-state index contributed by atoms with van der Waals surface area (Å²) in [4.78, 5) is 30.4. The first kappa shape index (κ1) is 28.1. The Labute approximate surface area is 268 Å². The standard InChI is InChI=1S/C36H31F2N3O4S/c37-26-10-4-8-22-20-46-33-24(9-5-11-27(33)38)30(29(22)26)41-34-25-18-23-12-14-36(25,45-23)15-17-39(34)35(43)31-32(28(42)13-16-40(31)41)44-19-21-6-2-1-3-7-21/h1-11,13,16,23,25,30,34H,12,14-15,17-20H2/t23-,25+,30?,34+,36-/m0/s1. The summed E-state index contributed by atoms with van der Waals surface area (Å²) in [7, 11) is 0. The maximum Gasteiger partial charge on any atom is 0.278 e. The number of benzene rings is 3. The van der Waals surface area contributed by atoms with E-state index in [1.807, 2.05) is 52.4 Å². The summed E-state index contributed by atoms with van der Waals surface area (Å²) in [6.07, 6.45) is 4.48. The van der Waals surface area contributed by atoms with Crippen LogP contribution in [0.15, 0.2) is 88.7 Å². The van der Waals surface area contributed by atoms with Gasteiger partial charge in [0.15, 0.2) is 11.4 Å². The molecule has 0 radical (unpaired) electrons. The zero-order valence-corrected chi connectivity index (χ0v) is 25.7. The van der Waals surface area contributed by atoms with E-state index in [0.29, 0.717) is 34.7 Å². The van der Waals surface area contributed by atoms with Crippen LogP contribution in [0.3, 0.4) is 0 Å². The van der Waals surface area contributed by atoms with Gasteiger partial charge in [0, 0.05) is 40.9 Å².